The van der Waals surface area contributed by atoms with Crippen molar-refractivity contribution in [3.05, 3.63) is 58.0 Å². The smallest absolute Gasteiger partial charge is 0.254 e. The van der Waals surface area contributed by atoms with Crippen molar-refractivity contribution in [3.8, 4) is 0 Å². The summed E-state index contributed by atoms with van der Waals surface area (Å²) in [5, 5.41) is 3.59. The quantitative estimate of drug-likeness (QED) is 0.517. The van der Waals surface area contributed by atoms with E-state index in [0.717, 1.165) is 38.2 Å². The molecule has 2 aromatic rings. The van der Waals surface area contributed by atoms with Gasteiger partial charge in [-0.3, -0.25) is 19.1 Å². The minimum atomic E-state index is -0.252. The second-order valence-electron chi connectivity index (χ2n) is 7.84. The van der Waals surface area contributed by atoms with Gasteiger partial charge < -0.3 is 5.32 Å². The number of likely N-dealkylation sites (tertiary alicyclic amines) is 1. The van der Waals surface area contributed by atoms with Gasteiger partial charge in [0.2, 0.25) is 5.91 Å². The van der Waals surface area contributed by atoms with E-state index < -0.39 is 0 Å². The van der Waals surface area contributed by atoms with Crippen molar-refractivity contribution in [1.82, 2.24) is 19.8 Å². The van der Waals surface area contributed by atoms with Gasteiger partial charge in [-0.15, -0.1) is 0 Å². The molecule has 0 saturated carbocycles. The number of carbonyl (C=O) groups is 1. The van der Waals surface area contributed by atoms with Crippen LogP contribution in [0.2, 0.25) is 0 Å². The lowest BCUT2D eigenvalue weighted by molar-refractivity contribution is -0.121. The normalized spacial score (nSPS) is 16.4. The highest BCUT2D eigenvalue weighted by atomic mass is 32.2. The number of amides is 1. The van der Waals surface area contributed by atoms with Crippen LogP contribution in [0.25, 0.3) is 0 Å². The van der Waals surface area contributed by atoms with Gasteiger partial charge in [-0.05, 0) is 31.2 Å². The second kappa shape index (κ2) is 10.8. The summed E-state index contributed by atoms with van der Waals surface area (Å²) < 4.78 is 1.53. The van der Waals surface area contributed by atoms with Gasteiger partial charge >= 0.3 is 0 Å². The zero-order valence-electron chi connectivity index (χ0n) is 18.1. The number of nitrogens with one attached hydrogen (secondary N) is 1. The van der Waals surface area contributed by atoms with E-state index in [0.29, 0.717) is 18.0 Å². The molecule has 30 heavy (non-hydrogen) atoms. The second-order valence-corrected chi connectivity index (χ2v) is 9.01. The van der Waals surface area contributed by atoms with Crippen LogP contribution >= 0.6 is 11.8 Å². The van der Waals surface area contributed by atoms with E-state index in [1.54, 1.807) is 13.1 Å². The van der Waals surface area contributed by atoms with E-state index >= 15 is 0 Å². The van der Waals surface area contributed by atoms with Crippen LogP contribution in [-0.2, 0) is 24.8 Å². The molecule has 6 nitrogen and oxygen atoms in total. The Morgan fingerprint density at radius 3 is 2.57 bits per heavy atom. The molecule has 2 heterocycles. The molecular formula is C23H32N4O2S. The minimum Gasteiger partial charge on any atom is -0.352 e. The molecule has 0 radical (unpaired) electrons. The van der Waals surface area contributed by atoms with Crippen molar-refractivity contribution >= 4 is 17.7 Å². The Morgan fingerprint density at radius 1 is 1.23 bits per heavy atom. The van der Waals surface area contributed by atoms with E-state index in [4.69, 9.17) is 0 Å². The number of carbonyl (C=O) groups excluding carboxylic acids is 1. The van der Waals surface area contributed by atoms with Gasteiger partial charge in [0.25, 0.3) is 5.56 Å². The maximum atomic E-state index is 12.9. The molecule has 1 N–H and O–H groups in total. The summed E-state index contributed by atoms with van der Waals surface area (Å²) in [6.07, 6.45) is 3.31. The fourth-order valence-electron chi connectivity index (χ4n) is 3.67. The van der Waals surface area contributed by atoms with E-state index in [1.807, 2.05) is 19.9 Å². The summed E-state index contributed by atoms with van der Waals surface area (Å²) in [5.41, 5.74) is 2.02. The zero-order chi connectivity index (χ0) is 21.5. The van der Waals surface area contributed by atoms with Crippen molar-refractivity contribution in [3.63, 3.8) is 0 Å². The largest absolute Gasteiger partial charge is 0.352 e. The maximum absolute atomic E-state index is 12.9. The number of benzene rings is 1. The van der Waals surface area contributed by atoms with Crippen molar-refractivity contribution in [2.75, 3.05) is 13.1 Å². The number of hydrogen-bond donors (Lipinski definition) is 1. The van der Waals surface area contributed by atoms with Crippen molar-refractivity contribution in [2.24, 2.45) is 7.05 Å². The summed E-state index contributed by atoms with van der Waals surface area (Å²) in [6, 6.07) is 12.3. The molecule has 0 aliphatic carbocycles. The van der Waals surface area contributed by atoms with E-state index in [-0.39, 0.29) is 22.8 Å². The molecule has 3 rings (SSSR count). The van der Waals surface area contributed by atoms with Crippen LogP contribution in [0, 0.1) is 0 Å². The predicted octanol–water partition coefficient (Wildman–Crippen LogP) is 2.99. The maximum Gasteiger partial charge on any atom is 0.254 e. The lowest BCUT2D eigenvalue weighted by atomic mass is 10.0. The monoisotopic (exact) mass is 428 g/mol. The Balaban J connectivity index is 1.54. The van der Waals surface area contributed by atoms with Crippen LogP contribution in [0.4, 0.5) is 0 Å². The lowest BCUT2D eigenvalue weighted by Crippen LogP contribution is -2.46. The number of aryl methyl sites for hydroxylation is 1. The molecule has 1 aromatic heterocycles. The molecule has 7 heteroatoms. The number of rotatable bonds is 8. The van der Waals surface area contributed by atoms with E-state index in [2.05, 4.69) is 39.5 Å². The number of piperidine rings is 1. The molecule has 0 spiro atoms. The Bertz CT molecular complexity index is 892. The summed E-state index contributed by atoms with van der Waals surface area (Å²) >= 11 is 1.39. The summed E-state index contributed by atoms with van der Waals surface area (Å²) in [6.45, 7) is 6.91. The number of thioether (sulfide) groups is 1. The summed E-state index contributed by atoms with van der Waals surface area (Å²) in [5.74, 6) is 0.0418. The predicted molar refractivity (Wildman–Crippen MR) is 122 cm³/mol. The van der Waals surface area contributed by atoms with Gasteiger partial charge in [-0.2, -0.15) is 0 Å². The molecule has 0 bridgehead atoms. The van der Waals surface area contributed by atoms with Crippen LogP contribution in [-0.4, -0.2) is 44.7 Å². The van der Waals surface area contributed by atoms with Crippen LogP contribution in [0.15, 0.2) is 46.3 Å². The van der Waals surface area contributed by atoms with Gasteiger partial charge in [0.05, 0.1) is 5.25 Å². The molecule has 1 fully saturated rings. The average molecular weight is 429 g/mol. The first-order chi connectivity index (χ1) is 14.5. The summed E-state index contributed by atoms with van der Waals surface area (Å²) in [7, 11) is 1.71. The molecule has 1 amide bonds. The Morgan fingerprint density at radius 2 is 1.93 bits per heavy atom. The van der Waals surface area contributed by atoms with Gasteiger partial charge in [0.15, 0.2) is 5.16 Å². The Kier molecular flexibility index (Phi) is 8.10. The van der Waals surface area contributed by atoms with Gasteiger partial charge in [0.1, 0.15) is 0 Å². The van der Waals surface area contributed by atoms with Gasteiger partial charge in [-0.1, -0.05) is 55.9 Å². The minimum absolute atomic E-state index is 0.0418. The highest BCUT2D eigenvalue weighted by Gasteiger charge is 2.25. The first-order valence-corrected chi connectivity index (χ1v) is 11.7. The molecule has 1 aliphatic rings. The van der Waals surface area contributed by atoms with Crippen LogP contribution in [0.3, 0.4) is 0 Å². The molecule has 1 atom stereocenters. The Hall–Kier alpha value is -2.12. The van der Waals surface area contributed by atoms with Gasteiger partial charge in [0, 0.05) is 44.5 Å². The average Bonchev–Trinajstić information content (AvgIpc) is 2.76. The van der Waals surface area contributed by atoms with Crippen molar-refractivity contribution < 1.29 is 4.79 Å². The number of nitrogens with zero attached hydrogens (tertiary/aromatic N) is 3. The molecular weight excluding hydrogens is 396 g/mol. The van der Waals surface area contributed by atoms with Crippen molar-refractivity contribution in [1.29, 1.82) is 0 Å². The fourth-order valence-corrected chi connectivity index (χ4v) is 4.69. The van der Waals surface area contributed by atoms with E-state index in [1.165, 1.54) is 21.9 Å². The molecule has 162 valence electrons. The van der Waals surface area contributed by atoms with Crippen LogP contribution in [0.1, 0.15) is 44.4 Å². The first kappa shape index (κ1) is 22.6. The molecule has 1 aromatic carbocycles. The standard InChI is InChI=1S/C23H32N4O2S/c1-4-18-15-21(28)26(3)23(25-18)30-20(5-2)22(29)24-19-11-13-27(14-12-19)16-17-9-7-6-8-10-17/h6-10,15,19-20H,4-5,11-14,16H2,1-3H3,(H,24,29). The lowest BCUT2D eigenvalue weighted by Gasteiger charge is -2.33. The third kappa shape index (κ3) is 5.95. The number of hydrogen-bond acceptors (Lipinski definition) is 5. The van der Waals surface area contributed by atoms with Crippen LogP contribution in [0.5, 0.6) is 0 Å². The fraction of sp³-hybridized carbons (Fsp3) is 0.522. The zero-order valence-corrected chi connectivity index (χ0v) is 19.0. The SMILES string of the molecule is CCc1cc(=O)n(C)c(SC(CC)C(=O)NC2CCN(Cc3ccccc3)CC2)n1. The van der Waals surface area contributed by atoms with Gasteiger partial charge in [-0.25, -0.2) is 4.98 Å². The first-order valence-electron chi connectivity index (χ1n) is 10.8. The van der Waals surface area contributed by atoms with Crippen molar-refractivity contribution in [2.45, 2.75) is 62.5 Å². The highest BCUT2D eigenvalue weighted by Crippen LogP contribution is 2.24. The molecule has 1 aliphatic heterocycles. The molecule has 1 saturated heterocycles. The summed E-state index contributed by atoms with van der Waals surface area (Å²) in [4.78, 5) is 32.1. The van der Waals surface area contributed by atoms with E-state index in [9.17, 15) is 9.59 Å². The topological polar surface area (TPSA) is 67.2 Å². The third-order valence-electron chi connectivity index (χ3n) is 5.60. The Labute approximate surface area is 183 Å². The number of aromatic nitrogens is 2. The third-order valence-corrected chi connectivity index (χ3v) is 7.01. The highest BCUT2D eigenvalue weighted by molar-refractivity contribution is 8.00. The molecule has 1 unspecified atom stereocenters. The van der Waals surface area contributed by atoms with Crippen LogP contribution < -0.4 is 10.9 Å².